The van der Waals surface area contributed by atoms with Gasteiger partial charge in [0.15, 0.2) is 0 Å². The van der Waals surface area contributed by atoms with Gasteiger partial charge in [-0.3, -0.25) is 9.59 Å². The minimum atomic E-state index is -0.0239. The van der Waals surface area contributed by atoms with Gasteiger partial charge in [0.1, 0.15) is 0 Å². The van der Waals surface area contributed by atoms with E-state index < -0.39 is 0 Å². The van der Waals surface area contributed by atoms with Gasteiger partial charge < -0.3 is 10.6 Å². The van der Waals surface area contributed by atoms with Crippen LogP contribution in [0.15, 0.2) is 11.6 Å². The van der Waals surface area contributed by atoms with Gasteiger partial charge in [0.25, 0.3) is 0 Å². The van der Waals surface area contributed by atoms with Crippen LogP contribution in [0.4, 0.5) is 0 Å². The molecule has 0 spiro atoms. The summed E-state index contributed by atoms with van der Waals surface area (Å²) in [6.07, 6.45) is 3.66. The second-order valence-corrected chi connectivity index (χ2v) is 6.62. The summed E-state index contributed by atoms with van der Waals surface area (Å²) < 4.78 is 0. The highest BCUT2D eigenvalue weighted by Gasteiger charge is 2.14. The van der Waals surface area contributed by atoms with E-state index in [-0.39, 0.29) is 35.7 Å². The third kappa shape index (κ3) is 9.27. The molecule has 0 saturated carbocycles. The number of amides is 2. The SMILES string of the molecule is C/C(=C\CC(C)NC(=O)C(C)C)CC(C)C(=O)NC(C)C. The molecular weight excluding hydrogens is 264 g/mol. The molecule has 122 valence electrons. The predicted molar refractivity (Wildman–Crippen MR) is 87.9 cm³/mol. The maximum absolute atomic E-state index is 11.9. The monoisotopic (exact) mass is 296 g/mol. The Balaban J connectivity index is 4.24. The summed E-state index contributed by atoms with van der Waals surface area (Å²) in [5, 5.41) is 5.90. The van der Waals surface area contributed by atoms with Gasteiger partial charge in [-0.15, -0.1) is 0 Å². The Bertz CT molecular complexity index is 373. The lowest BCUT2D eigenvalue weighted by Crippen LogP contribution is -2.35. The first kappa shape index (κ1) is 19.7. The largest absolute Gasteiger partial charge is 0.354 e. The van der Waals surface area contributed by atoms with Crippen LogP contribution in [0, 0.1) is 11.8 Å². The van der Waals surface area contributed by atoms with Crippen molar-refractivity contribution < 1.29 is 9.59 Å². The maximum atomic E-state index is 11.9. The molecule has 4 heteroatoms. The van der Waals surface area contributed by atoms with Crippen LogP contribution in [0.3, 0.4) is 0 Å². The van der Waals surface area contributed by atoms with Gasteiger partial charge in [-0.2, -0.15) is 0 Å². The van der Waals surface area contributed by atoms with Crippen molar-refractivity contribution in [3.8, 4) is 0 Å². The first-order valence-corrected chi connectivity index (χ1v) is 7.89. The second kappa shape index (κ2) is 9.59. The maximum Gasteiger partial charge on any atom is 0.223 e. The molecule has 0 fully saturated rings. The molecular formula is C17H32N2O2. The van der Waals surface area contributed by atoms with E-state index in [4.69, 9.17) is 0 Å². The lowest BCUT2D eigenvalue weighted by atomic mass is 9.99. The number of rotatable bonds is 8. The summed E-state index contributed by atoms with van der Waals surface area (Å²) in [6, 6.07) is 0.296. The summed E-state index contributed by atoms with van der Waals surface area (Å²) in [7, 11) is 0. The molecule has 0 saturated heterocycles. The Morgan fingerprint density at radius 2 is 1.52 bits per heavy atom. The molecule has 4 nitrogen and oxygen atoms in total. The molecule has 21 heavy (non-hydrogen) atoms. The molecule has 0 aromatic heterocycles. The molecule has 2 amide bonds. The molecule has 0 rings (SSSR count). The van der Waals surface area contributed by atoms with Gasteiger partial charge in [0, 0.05) is 23.9 Å². The number of carbonyl (C=O) groups excluding carboxylic acids is 2. The lowest BCUT2D eigenvalue weighted by Gasteiger charge is -2.16. The molecule has 0 aliphatic rings. The molecule has 0 aliphatic carbocycles. The van der Waals surface area contributed by atoms with E-state index >= 15 is 0 Å². The summed E-state index contributed by atoms with van der Waals surface area (Å²) >= 11 is 0. The molecule has 0 bridgehead atoms. The van der Waals surface area contributed by atoms with Gasteiger partial charge in [0.2, 0.25) is 11.8 Å². The van der Waals surface area contributed by atoms with Gasteiger partial charge in [-0.05, 0) is 40.5 Å². The number of allylic oxidation sites excluding steroid dienone is 1. The highest BCUT2D eigenvalue weighted by molar-refractivity contribution is 5.79. The van der Waals surface area contributed by atoms with Gasteiger partial charge in [0.05, 0.1) is 0 Å². The van der Waals surface area contributed by atoms with E-state index in [2.05, 4.69) is 16.7 Å². The molecule has 2 N–H and O–H groups in total. The highest BCUT2D eigenvalue weighted by Crippen LogP contribution is 2.13. The molecule has 0 aromatic carbocycles. The number of hydrogen-bond acceptors (Lipinski definition) is 2. The van der Waals surface area contributed by atoms with E-state index in [9.17, 15) is 9.59 Å². The standard InChI is InChI=1S/C17H32N2O2/c1-11(2)16(20)19-15(7)9-8-13(5)10-14(6)17(21)18-12(3)4/h8,11-12,14-15H,9-10H2,1-7H3,(H,18,21)(H,19,20)/b13-8+. The molecule has 0 heterocycles. The first-order chi connectivity index (χ1) is 9.63. The van der Waals surface area contributed by atoms with Crippen LogP contribution >= 0.6 is 0 Å². The first-order valence-electron chi connectivity index (χ1n) is 7.89. The fourth-order valence-corrected chi connectivity index (χ4v) is 1.93. The van der Waals surface area contributed by atoms with Crippen LogP contribution in [-0.4, -0.2) is 23.9 Å². The van der Waals surface area contributed by atoms with Crippen LogP contribution in [0.2, 0.25) is 0 Å². The van der Waals surface area contributed by atoms with Crippen LogP contribution in [-0.2, 0) is 9.59 Å². The Hall–Kier alpha value is -1.32. The van der Waals surface area contributed by atoms with Crippen molar-refractivity contribution in [1.29, 1.82) is 0 Å². The van der Waals surface area contributed by atoms with Gasteiger partial charge >= 0.3 is 0 Å². The second-order valence-electron chi connectivity index (χ2n) is 6.62. The molecule has 2 unspecified atom stereocenters. The summed E-state index contributed by atoms with van der Waals surface area (Å²) in [5.74, 6) is 0.165. The Labute approximate surface area is 129 Å². The van der Waals surface area contributed by atoms with E-state index in [1.54, 1.807) is 0 Å². The van der Waals surface area contributed by atoms with Crippen LogP contribution in [0.1, 0.15) is 61.3 Å². The van der Waals surface area contributed by atoms with Crippen LogP contribution in [0.5, 0.6) is 0 Å². The van der Waals surface area contributed by atoms with Crippen molar-refractivity contribution >= 4 is 11.8 Å². The van der Waals surface area contributed by atoms with Gasteiger partial charge in [-0.25, -0.2) is 0 Å². The molecule has 0 radical (unpaired) electrons. The van der Waals surface area contributed by atoms with E-state index in [0.29, 0.717) is 0 Å². The third-order valence-electron chi connectivity index (χ3n) is 3.24. The minimum Gasteiger partial charge on any atom is -0.354 e. The zero-order valence-corrected chi connectivity index (χ0v) is 14.6. The summed E-state index contributed by atoms with van der Waals surface area (Å²) in [4.78, 5) is 23.4. The van der Waals surface area contributed by atoms with Gasteiger partial charge in [-0.1, -0.05) is 32.4 Å². The van der Waals surface area contributed by atoms with Crippen molar-refractivity contribution in [3.05, 3.63) is 11.6 Å². The topological polar surface area (TPSA) is 58.2 Å². The van der Waals surface area contributed by atoms with Crippen LogP contribution < -0.4 is 10.6 Å². The van der Waals surface area contributed by atoms with E-state index in [1.165, 1.54) is 5.57 Å². The number of hydrogen-bond donors (Lipinski definition) is 2. The minimum absolute atomic E-state index is 0.0114. The van der Waals surface area contributed by atoms with E-state index in [1.807, 2.05) is 48.5 Å². The zero-order chi connectivity index (χ0) is 16.6. The summed E-state index contributed by atoms with van der Waals surface area (Å²) in [6.45, 7) is 13.7. The lowest BCUT2D eigenvalue weighted by molar-refractivity contribution is -0.125. The van der Waals surface area contributed by atoms with Crippen molar-refractivity contribution in [1.82, 2.24) is 10.6 Å². The molecule has 2 atom stereocenters. The average Bonchev–Trinajstić information content (AvgIpc) is 2.35. The van der Waals surface area contributed by atoms with Crippen molar-refractivity contribution in [2.45, 2.75) is 73.4 Å². The molecule has 0 aromatic rings. The number of carbonyl (C=O) groups is 2. The van der Waals surface area contributed by atoms with Crippen molar-refractivity contribution in [2.75, 3.05) is 0 Å². The fourth-order valence-electron chi connectivity index (χ4n) is 1.93. The third-order valence-corrected chi connectivity index (χ3v) is 3.24. The van der Waals surface area contributed by atoms with E-state index in [0.717, 1.165) is 12.8 Å². The van der Waals surface area contributed by atoms with Crippen LogP contribution in [0.25, 0.3) is 0 Å². The predicted octanol–water partition coefficient (Wildman–Crippen LogP) is 3.03. The molecule has 0 aliphatic heterocycles. The van der Waals surface area contributed by atoms with Crippen molar-refractivity contribution in [2.24, 2.45) is 11.8 Å². The summed E-state index contributed by atoms with van der Waals surface area (Å²) in [5.41, 5.74) is 1.19. The number of nitrogens with one attached hydrogen (secondary N) is 2. The Kier molecular flexibility index (Phi) is 8.98. The highest BCUT2D eigenvalue weighted by atomic mass is 16.2. The smallest absolute Gasteiger partial charge is 0.223 e. The fraction of sp³-hybridized carbons (Fsp3) is 0.765. The quantitative estimate of drug-likeness (QED) is 0.676. The van der Waals surface area contributed by atoms with Crippen molar-refractivity contribution in [3.63, 3.8) is 0 Å². The Morgan fingerprint density at radius 3 is 2.00 bits per heavy atom. The Morgan fingerprint density at radius 1 is 0.952 bits per heavy atom. The average molecular weight is 296 g/mol. The zero-order valence-electron chi connectivity index (χ0n) is 14.6. The normalized spacial score (nSPS) is 15.0.